The monoisotopic (exact) mass is 384 g/mol. The minimum Gasteiger partial charge on any atom is -0.0915 e. The minimum absolute atomic E-state index is 0.0451. The highest BCUT2D eigenvalue weighted by Gasteiger charge is 2.28. The Morgan fingerprint density at radius 1 is 1.44 bits per heavy atom. The lowest BCUT2D eigenvalue weighted by atomic mass is 10.3. The second kappa shape index (κ2) is 4.73. The zero-order valence-corrected chi connectivity index (χ0v) is 11.3. The van der Waals surface area contributed by atoms with E-state index in [9.17, 15) is 0 Å². The summed E-state index contributed by atoms with van der Waals surface area (Å²) in [6.45, 7) is 2.13. The molecule has 0 heterocycles. The molecule has 0 aromatic heterocycles. The van der Waals surface area contributed by atoms with Crippen molar-refractivity contribution in [3.63, 3.8) is 0 Å². The molecular formula is C5H8Br4. The maximum Gasteiger partial charge on any atom is 0.0935 e. The molecule has 0 bridgehead atoms. The molecule has 0 aliphatic heterocycles. The van der Waals surface area contributed by atoms with Crippen LogP contribution in [0.1, 0.15) is 13.3 Å². The Bertz CT molecular complexity index is 81.0. The molecule has 0 saturated carbocycles. The molecule has 0 aromatic carbocycles. The quantitative estimate of drug-likeness (QED) is 0.641. The molecule has 0 N–H and O–H groups in total. The maximum atomic E-state index is 3.55. The van der Waals surface area contributed by atoms with E-state index in [1.807, 2.05) is 0 Å². The van der Waals surface area contributed by atoms with Crippen molar-refractivity contribution in [2.24, 2.45) is 0 Å². The average Bonchev–Trinajstić information content (AvgIpc) is 1.86. The fourth-order valence-corrected chi connectivity index (χ4v) is 2.40. The van der Waals surface area contributed by atoms with Crippen molar-refractivity contribution in [3.8, 4) is 0 Å². The number of alkyl halides is 4. The maximum absolute atomic E-state index is 3.55. The molecule has 56 valence electrons. The van der Waals surface area contributed by atoms with Crippen molar-refractivity contribution in [3.05, 3.63) is 0 Å². The highest BCUT2D eigenvalue weighted by atomic mass is 79.9. The molecular weight excluding hydrogens is 380 g/mol. The third-order valence-corrected chi connectivity index (χ3v) is 7.14. The molecule has 0 aromatic rings. The van der Waals surface area contributed by atoms with E-state index in [2.05, 4.69) is 70.6 Å². The summed E-state index contributed by atoms with van der Waals surface area (Å²) >= 11 is 14.0. The molecule has 0 aliphatic carbocycles. The van der Waals surface area contributed by atoms with Crippen molar-refractivity contribution >= 4 is 63.7 Å². The summed E-state index contributed by atoms with van der Waals surface area (Å²) in [4.78, 5) is 0.426. The van der Waals surface area contributed by atoms with E-state index in [0.29, 0.717) is 4.83 Å². The van der Waals surface area contributed by atoms with E-state index in [4.69, 9.17) is 0 Å². The molecule has 0 amide bonds. The molecule has 0 radical (unpaired) electrons. The Hall–Kier alpha value is 1.92. The summed E-state index contributed by atoms with van der Waals surface area (Å²) in [5.74, 6) is 0. The summed E-state index contributed by atoms with van der Waals surface area (Å²) in [7, 11) is 0. The summed E-state index contributed by atoms with van der Waals surface area (Å²) in [5.41, 5.74) is 0. The van der Waals surface area contributed by atoms with Crippen molar-refractivity contribution in [1.29, 1.82) is 0 Å². The summed E-state index contributed by atoms with van der Waals surface area (Å²) < 4.78 is 0.0451. The van der Waals surface area contributed by atoms with Crippen LogP contribution in [0.5, 0.6) is 0 Å². The van der Waals surface area contributed by atoms with Gasteiger partial charge in [0.05, 0.1) is 3.23 Å². The predicted octanol–water partition coefficient (Wildman–Crippen LogP) is 4.04. The highest BCUT2D eigenvalue weighted by Crippen LogP contribution is 2.38. The first-order valence-corrected chi connectivity index (χ1v) is 6.24. The van der Waals surface area contributed by atoms with Crippen molar-refractivity contribution < 1.29 is 0 Å². The van der Waals surface area contributed by atoms with Crippen molar-refractivity contribution in [2.75, 3.05) is 5.33 Å². The topological polar surface area (TPSA) is 0 Å². The van der Waals surface area contributed by atoms with Crippen molar-refractivity contribution in [1.82, 2.24) is 0 Å². The summed E-state index contributed by atoms with van der Waals surface area (Å²) in [6, 6.07) is 0. The van der Waals surface area contributed by atoms with Crippen LogP contribution >= 0.6 is 63.7 Å². The fourth-order valence-electron chi connectivity index (χ4n) is 0.334. The standard InChI is InChI=1S/C5H8Br4/c1-2-5(8,9)4(7)3-6/h4H,2-3H2,1H3. The van der Waals surface area contributed by atoms with Crippen LogP contribution < -0.4 is 0 Å². The van der Waals surface area contributed by atoms with Crippen LogP contribution in [0.3, 0.4) is 0 Å². The van der Waals surface area contributed by atoms with Gasteiger partial charge in [0.15, 0.2) is 0 Å². The van der Waals surface area contributed by atoms with Crippen molar-refractivity contribution in [2.45, 2.75) is 21.4 Å². The van der Waals surface area contributed by atoms with E-state index in [1.54, 1.807) is 0 Å². The molecule has 0 aliphatic rings. The third-order valence-electron chi connectivity index (χ3n) is 1.07. The van der Waals surface area contributed by atoms with E-state index in [0.717, 1.165) is 11.8 Å². The van der Waals surface area contributed by atoms with Gasteiger partial charge in [-0.1, -0.05) is 70.6 Å². The van der Waals surface area contributed by atoms with Crippen LogP contribution in [0.2, 0.25) is 0 Å². The van der Waals surface area contributed by atoms with E-state index < -0.39 is 0 Å². The summed E-state index contributed by atoms with van der Waals surface area (Å²) in [5, 5.41) is 0.942. The van der Waals surface area contributed by atoms with E-state index >= 15 is 0 Å². The van der Waals surface area contributed by atoms with Gasteiger partial charge in [-0.15, -0.1) is 0 Å². The van der Waals surface area contributed by atoms with Crippen LogP contribution in [0, 0.1) is 0 Å². The normalized spacial score (nSPS) is 15.7. The first-order chi connectivity index (χ1) is 4.04. The van der Waals surface area contributed by atoms with Gasteiger partial charge in [-0.2, -0.15) is 0 Å². The van der Waals surface area contributed by atoms with Gasteiger partial charge in [0, 0.05) is 10.2 Å². The van der Waals surface area contributed by atoms with Gasteiger partial charge >= 0.3 is 0 Å². The van der Waals surface area contributed by atoms with Crippen LogP contribution in [-0.2, 0) is 0 Å². The lowest BCUT2D eigenvalue weighted by Gasteiger charge is -2.22. The first-order valence-electron chi connectivity index (χ1n) is 2.62. The smallest absolute Gasteiger partial charge is 0.0915 e. The molecule has 0 nitrogen and oxygen atoms in total. The number of hydrogen-bond donors (Lipinski definition) is 0. The Morgan fingerprint density at radius 3 is 2.00 bits per heavy atom. The van der Waals surface area contributed by atoms with Crippen LogP contribution in [0.25, 0.3) is 0 Å². The van der Waals surface area contributed by atoms with Gasteiger partial charge < -0.3 is 0 Å². The van der Waals surface area contributed by atoms with Gasteiger partial charge in [-0.05, 0) is 6.42 Å². The van der Waals surface area contributed by atoms with Gasteiger partial charge in [-0.25, -0.2) is 0 Å². The van der Waals surface area contributed by atoms with E-state index in [-0.39, 0.29) is 3.23 Å². The molecule has 9 heavy (non-hydrogen) atoms. The Morgan fingerprint density at radius 2 is 1.89 bits per heavy atom. The molecule has 1 atom stereocenters. The average molecular weight is 388 g/mol. The lowest BCUT2D eigenvalue weighted by molar-refractivity contribution is 0.800. The Balaban J connectivity index is 3.80. The van der Waals surface area contributed by atoms with Crippen LogP contribution in [0.15, 0.2) is 0 Å². The molecule has 0 rings (SSSR count). The fraction of sp³-hybridized carbons (Fsp3) is 1.00. The van der Waals surface area contributed by atoms with Gasteiger partial charge in [0.2, 0.25) is 0 Å². The van der Waals surface area contributed by atoms with Gasteiger partial charge in [-0.3, -0.25) is 0 Å². The molecule has 1 unspecified atom stereocenters. The number of halogens is 4. The third kappa shape index (κ3) is 3.73. The zero-order chi connectivity index (χ0) is 7.49. The lowest BCUT2D eigenvalue weighted by Crippen LogP contribution is -2.24. The van der Waals surface area contributed by atoms with Crippen LogP contribution in [-0.4, -0.2) is 13.4 Å². The summed E-state index contributed by atoms with van der Waals surface area (Å²) in [6.07, 6.45) is 1.05. The Kier molecular flexibility index (Phi) is 5.74. The number of hydrogen-bond acceptors (Lipinski definition) is 0. The molecule has 0 spiro atoms. The minimum atomic E-state index is 0.0451. The van der Waals surface area contributed by atoms with E-state index in [1.165, 1.54) is 0 Å². The molecule has 4 heteroatoms. The van der Waals surface area contributed by atoms with Gasteiger partial charge in [0.25, 0.3) is 0 Å². The molecule has 0 saturated heterocycles. The Labute approximate surface area is 89.7 Å². The predicted molar refractivity (Wildman–Crippen MR) is 57.4 cm³/mol. The first kappa shape index (κ1) is 10.9. The van der Waals surface area contributed by atoms with Gasteiger partial charge in [0.1, 0.15) is 0 Å². The highest BCUT2D eigenvalue weighted by molar-refractivity contribution is 9.26. The largest absolute Gasteiger partial charge is 0.0935 e. The van der Waals surface area contributed by atoms with Crippen LogP contribution in [0.4, 0.5) is 0 Å². The molecule has 0 fully saturated rings. The second-order valence-electron chi connectivity index (χ2n) is 1.74. The number of rotatable bonds is 3. The zero-order valence-electron chi connectivity index (χ0n) is 5.00. The second-order valence-corrected chi connectivity index (χ2v) is 7.38. The SMILES string of the molecule is CCC(Br)(Br)C(Br)CBr.